The second kappa shape index (κ2) is 7.50. The molecule has 2 rings (SSSR count). The summed E-state index contributed by atoms with van der Waals surface area (Å²) in [4.78, 5) is 15.2. The number of hydrazine groups is 1. The molecule has 6 nitrogen and oxygen atoms in total. The summed E-state index contributed by atoms with van der Waals surface area (Å²) < 4.78 is 31.3. The maximum Gasteiger partial charge on any atom is 0.333 e. The molecule has 2 amide bonds. The zero-order valence-corrected chi connectivity index (χ0v) is 12.3. The fraction of sp³-hybridized carbons (Fsp3) is 0.200. The summed E-state index contributed by atoms with van der Waals surface area (Å²) in [5.41, 5.74) is 3.62. The van der Waals surface area contributed by atoms with Crippen LogP contribution in [0.1, 0.15) is 23.1 Å². The molecule has 1 aromatic carbocycles. The van der Waals surface area contributed by atoms with Crippen LogP contribution in [0.5, 0.6) is 5.88 Å². The third-order valence-corrected chi connectivity index (χ3v) is 3.18. The Balaban J connectivity index is 2.22. The number of aromatic nitrogens is 1. The number of anilines is 1. The summed E-state index contributed by atoms with van der Waals surface area (Å²) in [6, 6.07) is 7.30. The van der Waals surface area contributed by atoms with Gasteiger partial charge in [0.25, 0.3) is 6.43 Å². The number of hydrogen-bond acceptors (Lipinski definition) is 4. The summed E-state index contributed by atoms with van der Waals surface area (Å²) in [6.45, 7) is 1.79. The Labute approximate surface area is 131 Å². The van der Waals surface area contributed by atoms with E-state index in [0.717, 1.165) is 5.56 Å². The van der Waals surface area contributed by atoms with E-state index in [1.807, 2.05) is 18.4 Å². The van der Waals surface area contributed by atoms with Gasteiger partial charge in [0.1, 0.15) is 6.61 Å². The summed E-state index contributed by atoms with van der Waals surface area (Å²) in [7, 11) is 0. The first-order valence-electron chi connectivity index (χ1n) is 6.75. The van der Waals surface area contributed by atoms with E-state index >= 15 is 0 Å². The molecule has 0 aliphatic carbocycles. The number of benzene rings is 1. The monoisotopic (exact) mass is 322 g/mol. The minimum atomic E-state index is -2.68. The van der Waals surface area contributed by atoms with Crippen molar-refractivity contribution in [3.8, 4) is 5.88 Å². The van der Waals surface area contributed by atoms with Crippen molar-refractivity contribution in [3.05, 3.63) is 53.2 Å². The fourth-order valence-corrected chi connectivity index (χ4v) is 2.00. The number of aryl methyl sites for hydroxylation is 1. The minimum absolute atomic E-state index is 0.0242. The lowest BCUT2D eigenvalue weighted by atomic mass is 10.1. The molecule has 0 unspecified atom stereocenters. The molecule has 0 saturated heterocycles. The Hall–Kier alpha value is -2.74. The highest BCUT2D eigenvalue weighted by atomic mass is 19.3. The fourth-order valence-electron chi connectivity index (χ4n) is 2.00. The molecule has 1 heterocycles. The molecule has 122 valence electrons. The molecule has 0 bridgehead atoms. The van der Waals surface area contributed by atoms with Gasteiger partial charge in [-0.05, 0) is 30.7 Å². The number of carbonyl (C=O) groups is 1. The molecule has 2 aromatic rings. The number of halogens is 2. The van der Waals surface area contributed by atoms with Crippen LogP contribution < -0.4 is 21.3 Å². The first kappa shape index (κ1) is 16.6. The molecular formula is C15H16F2N4O2. The van der Waals surface area contributed by atoms with Crippen LogP contribution in [0.25, 0.3) is 0 Å². The van der Waals surface area contributed by atoms with Crippen molar-refractivity contribution in [3.63, 3.8) is 0 Å². The van der Waals surface area contributed by atoms with Crippen LogP contribution in [0, 0.1) is 6.92 Å². The average molecular weight is 322 g/mol. The van der Waals surface area contributed by atoms with Crippen LogP contribution in [0.15, 0.2) is 36.5 Å². The van der Waals surface area contributed by atoms with E-state index in [4.69, 9.17) is 10.6 Å². The van der Waals surface area contributed by atoms with Crippen LogP contribution in [0.3, 0.4) is 0 Å². The van der Waals surface area contributed by atoms with Gasteiger partial charge >= 0.3 is 6.03 Å². The van der Waals surface area contributed by atoms with Gasteiger partial charge in [-0.25, -0.2) is 24.4 Å². The third kappa shape index (κ3) is 4.13. The van der Waals surface area contributed by atoms with Gasteiger partial charge in [-0.2, -0.15) is 0 Å². The van der Waals surface area contributed by atoms with Crippen molar-refractivity contribution in [1.82, 2.24) is 10.4 Å². The van der Waals surface area contributed by atoms with E-state index in [1.54, 1.807) is 12.1 Å². The molecule has 0 aliphatic rings. The number of carbonyl (C=O) groups excluding carboxylic acids is 1. The summed E-state index contributed by atoms with van der Waals surface area (Å²) in [6.07, 6.45) is -1.31. The molecule has 0 saturated carbocycles. The summed E-state index contributed by atoms with van der Waals surface area (Å²) >= 11 is 0. The van der Waals surface area contributed by atoms with E-state index < -0.39 is 12.5 Å². The second-order valence-corrected chi connectivity index (χ2v) is 4.69. The molecule has 8 heteroatoms. The number of amides is 2. The molecule has 4 N–H and O–H groups in total. The van der Waals surface area contributed by atoms with Crippen LogP contribution in [0.2, 0.25) is 0 Å². The van der Waals surface area contributed by atoms with Crippen molar-refractivity contribution in [2.24, 2.45) is 5.84 Å². The Kier molecular flexibility index (Phi) is 5.42. The SMILES string of the molecule is Cc1cccc(NC(=O)NN)c1COc1ncccc1C(F)F. The molecular weight excluding hydrogens is 306 g/mol. The summed E-state index contributed by atoms with van der Waals surface area (Å²) in [5.74, 6) is 4.90. The maximum atomic E-state index is 12.9. The number of nitrogens with two attached hydrogens (primary N) is 1. The van der Waals surface area contributed by atoms with E-state index in [0.29, 0.717) is 11.3 Å². The maximum absolute atomic E-state index is 12.9. The zero-order chi connectivity index (χ0) is 16.8. The molecule has 0 fully saturated rings. The van der Waals surface area contributed by atoms with Crippen molar-refractivity contribution in [2.75, 3.05) is 5.32 Å². The molecule has 0 radical (unpaired) electrons. The number of pyridine rings is 1. The van der Waals surface area contributed by atoms with E-state index in [-0.39, 0.29) is 18.1 Å². The summed E-state index contributed by atoms with van der Waals surface area (Å²) in [5, 5.41) is 2.55. The Morgan fingerprint density at radius 3 is 2.83 bits per heavy atom. The van der Waals surface area contributed by atoms with Gasteiger partial charge in [-0.3, -0.25) is 5.43 Å². The Bertz CT molecular complexity index is 695. The number of hydrogen-bond donors (Lipinski definition) is 3. The van der Waals surface area contributed by atoms with Crippen LogP contribution in [-0.4, -0.2) is 11.0 Å². The van der Waals surface area contributed by atoms with Gasteiger partial charge in [-0.15, -0.1) is 0 Å². The van der Waals surface area contributed by atoms with Gasteiger partial charge in [0.05, 0.1) is 5.56 Å². The number of urea groups is 1. The highest BCUT2D eigenvalue weighted by Crippen LogP contribution is 2.28. The van der Waals surface area contributed by atoms with Crippen molar-refractivity contribution >= 4 is 11.7 Å². The van der Waals surface area contributed by atoms with Gasteiger partial charge in [-0.1, -0.05) is 12.1 Å². The van der Waals surface area contributed by atoms with Gasteiger partial charge in [0, 0.05) is 17.4 Å². The normalized spacial score (nSPS) is 10.5. The van der Waals surface area contributed by atoms with E-state index in [1.165, 1.54) is 18.3 Å². The van der Waals surface area contributed by atoms with Crippen molar-refractivity contribution < 1.29 is 18.3 Å². The predicted molar refractivity (Wildman–Crippen MR) is 81.0 cm³/mol. The van der Waals surface area contributed by atoms with Crippen LogP contribution in [0.4, 0.5) is 19.3 Å². The molecule has 23 heavy (non-hydrogen) atoms. The highest BCUT2D eigenvalue weighted by Gasteiger charge is 2.16. The second-order valence-electron chi connectivity index (χ2n) is 4.69. The third-order valence-electron chi connectivity index (χ3n) is 3.18. The lowest BCUT2D eigenvalue weighted by molar-refractivity contribution is 0.143. The van der Waals surface area contributed by atoms with E-state index in [2.05, 4.69) is 10.3 Å². The van der Waals surface area contributed by atoms with Gasteiger partial charge in [0.2, 0.25) is 5.88 Å². The van der Waals surface area contributed by atoms with Gasteiger partial charge in [0.15, 0.2) is 0 Å². The van der Waals surface area contributed by atoms with Crippen LogP contribution >= 0.6 is 0 Å². The first-order chi connectivity index (χ1) is 11.0. The number of nitrogens with one attached hydrogen (secondary N) is 2. The number of rotatable bonds is 5. The largest absolute Gasteiger partial charge is 0.472 e. The topological polar surface area (TPSA) is 89.3 Å². The Morgan fingerprint density at radius 1 is 1.35 bits per heavy atom. The van der Waals surface area contributed by atoms with Crippen molar-refractivity contribution in [2.45, 2.75) is 20.0 Å². The quantitative estimate of drug-likeness (QED) is 0.448. The Morgan fingerprint density at radius 2 is 2.13 bits per heavy atom. The average Bonchev–Trinajstić information content (AvgIpc) is 2.54. The molecule has 0 spiro atoms. The van der Waals surface area contributed by atoms with Crippen LogP contribution in [-0.2, 0) is 6.61 Å². The van der Waals surface area contributed by atoms with Gasteiger partial charge < -0.3 is 10.1 Å². The standard InChI is InChI=1S/C15H16F2N4O2/c1-9-4-2-6-12(20-15(22)21-18)11(9)8-23-14-10(13(16)17)5-3-7-19-14/h2-7,13H,8,18H2,1H3,(H2,20,21,22). The zero-order valence-electron chi connectivity index (χ0n) is 12.3. The van der Waals surface area contributed by atoms with E-state index in [9.17, 15) is 13.6 Å². The minimum Gasteiger partial charge on any atom is -0.472 e. The lowest BCUT2D eigenvalue weighted by Crippen LogP contribution is -2.34. The lowest BCUT2D eigenvalue weighted by Gasteiger charge is -2.15. The predicted octanol–water partition coefficient (Wildman–Crippen LogP) is 2.90. The number of nitrogens with zero attached hydrogens (tertiary/aromatic N) is 1. The first-order valence-corrected chi connectivity index (χ1v) is 6.75. The molecule has 1 aromatic heterocycles. The smallest absolute Gasteiger partial charge is 0.333 e. The molecule has 0 aliphatic heterocycles. The number of ether oxygens (including phenoxy) is 1. The molecule has 0 atom stereocenters. The van der Waals surface area contributed by atoms with Crippen molar-refractivity contribution in [1.29, 1.82) is 0 Å². The highest BCUT2D eigenvalue weighted by molar-refractivity contribution is 5.89. The number of alkyl halides is 2.